The molecule has 2 saturated carbocycles. The lowest BCUT2D eigenvalue weighted by Crippen LogP contribution is -2.27. The van der Waals surface area contributed by atoms with E-state index in [1.54, 1.807) is 18.2 Å². The number of halogens is 1. The van der Waals surface area contributed by atoms with Crippen molar-refractivity contribution in [2.75, 3.05) is 5.32 Å². The standard InChI is InChI=1S/C20H19ClN2O2/c21-17-7-3-1-5-13(17)15-11-16(15)20(25)23-18-8-4-2-6-14(18)19(24)22-12-9-10-12/h1-8,12,15-16H,9-11H2,(H,22,24)(H,23,25). The number of hydrogen-bond donors (Lipinski definition) is 2. The monoisotopic (exact) mass is 354 g/mol. The molecule has 2 aliphatic carbocycles. The maximum Gasteiger partial charge on any atom is 0.253 e. The Morgan fingerprint density at radius 2 is 1.72 bits per heavy atom. The Morgan fingerprint density at radius 3 is 2.48 bits per heavy atom. The SMILES string of the molecule is O=C(NC1CC1)c1ccccc1NC(=O)C1CC1c1ccccc1Cl. The molecule has 2 amide bonds. The molecule has 2 N–H and O–H groups in total. The molecule has 4 rings (SSSR count). The zero-order valence-corrected chi connectivity index (χ0v) is 14.4. The van der Waals surface area contributed by atoms with Gasteiger partial charge in [-0.2, -0.15) is 0 Å². The van der Waals surface area contributed by atoms with Crippen molar-refractivity contribution < 1.29 is 9.59 Å². The number of carbonyl (C=O) groups is 2. The molecule has 2 aromatic carbocycles. The van der Waals surface area contributed by atoms with Gasteiger partial charge >= 0.3 is 0 Å². The molecule has 0 spiro atoms. The highest BCUT2D eigenvalue weighted by atomic mass is 35.5. The van der Waals surface area contributed by atoms with E-state index < -0.39 is 0 Å². The quantitative estimate of drug-likeness (QED) is 0.853. The molecule has 5 heteroatoms. The molecule has 0 bridgehead atoms. The summed E-state index contributed by atoms with van der Waals surface area (Å²) in [6.45, 7) is 0. The fourth-order valence-corrected chi connectivity index (χ4v) is 3.39. The van der Waals surface area contributed by atoms with E-state index in [0.717, 1.165) is 24.8 Å². The van der Waals surface area contributed by atoms with Crippen molar-refractivity contribution in [2.45, 2.75) is 31.2 Å². The summed E-state index contributed by atoms with van der Waals surface area (Å²) >= 11 is 6.23. The molecule has 4 nitrogen and oxygen atoms in total. The Morgan fingerprint density at radius 1 is 1.00 bits per heavy atom. The van der Waals surface area contributed by atoms with Crippen LogP contribution in [0, 0.1) is 5.92 Å². The average Bonchev–Trinajstić information content (AvgIpc) is 3.50. The molecule has 0 heterocycles. The largest absolute Gasteiger partial charge is 0.349 e. The summed E-state index contributed by atoms with van der Waals surface area (Å²) < 4.78 is 0. The van der Waals surface area contributed by atoms with Gasteiger partial charge in [-0.25, -0.2) is 0 Å². The van der Waals surface area contributed by atoms with Gasteiger partial charge in [0.25, 0.3) is 5.91 Å². The highest BCUT2D eigenvalue weighted by molar-refractivity contribution is 6.31. The Hall–Kier alpha value is -2.33. The number of benzene rings is 2. The summed E-state index contributed by atoms with van der Waals surface area (Å²) in [6, 6.07) is 15.1. The number of rotatable bonds is 5. The third-order valence-electron chi connectivity index (χ3n) is 4.77. The molecule has 128 valence electrons. The molecule has 0 aliphatic heterocycles. The van der Waals surface area contributed by atoms with E-state index in [1.165, 1.54) is 0 Å². The van der Waals surface area contributed by atoms with Crippen molar-refractivity contribution in [3.63, 3.8) is 0 Å². The Balaban J connectivity index is 1.45. The predicted molar refractivity (Wildman–Crippen MR) is 97.9 cm³/mol. The molecule has 0 radical (unpaired) electrons. The van der Waals surface area contributed by atoms with Crippen molar-refractivity contribution >= 4 is 29.1 Å². The summed E-state index contributed by atoms with van der Waals surface area (Å²) in [6.07, 6.45) is 2.84. The first-order chi connectivity index (χ1) is 12.1. The van der Waals surface area contributed by atoms with Gasteiger partial charge in [-0.15, -0.1) is 0 Å². The highest BCUT2D eigenvalue weighted by Gasteiger charge is 2.45. The topological polar surface area (TPSA) is 58.2 Å². The van der Waals surface area contributed by atoms with E-state index in [0.29, 0.717) is 16.3 Å². The van der Waals surface area contributed by atoms with Crippen LogP contribution in [0.5, 0.6) is 0 Å². The Bertz CT molecular complexity index is 832. The van der Waals surface area contributed by atoms with Gasteiger partial charge < -0.3 is 10.6 Å². The minimum Gasteiger partial charge on any atom is -0.349 e. The summed E-state index contributed by atoms with van der Waals surface area (Å²) in [5.41, 5.74) is 2.09. The van der Waals surface area contributed by atoms with Crippen LogP contribution in [0.2, 0.25) is 5.02 Å². The molecular weight excluding hydrogens is 336 g/mol. The van der Waals surface area contributed by atoms with E-state index in [-0.39, 0.29) is 29.7 Å². The fraction of sp³-hybridized carbons (Fsp3) is 0.300. The van der Waals surface area contributed by atoms with Crippen LogP contribution >= 0.6 is 11.6 Å². The van der Waals surface area contributed by atoms with Crippen molar-refractivity contribution in [2.24, 2.45) is 5.92 Å². The second kappa shape index (κ2) is 6.52. The molecule has 0 aromatic heterocycles. The van der Waals surface area contributed by atoms with Crippen LogP contribution in [0.3, 0.4) is 0 Å². The first-order valence-corrected chi connectivity index (χ1v) is 8.96. The van der Waals surface area contributed by atoms with Gasteiger partial charge in [0.15, 0.2) is 0 Å². The molecule has 2 atom stereocenters. The molecule has 2 fully saturated rings. The Labute approximate surface area is 151 Å². The summed E-state index contributed by atoms with van der Waals surface area (Å²) in [5, 5.41) is 6.59. The van der Waals surface area contributed by atoms with Crippen LogP contribution < -0.4 is 10.6 Å². The van der Waals surface area contributed by atoms with Gasteiger partial charge in [0, 0.05) is 17.0 Å². The van der Waals surface area contributed by atoms with Gasteiger partial charge in [0.2, 0.25) is 5.91 Å². The second-order valence-electron chi connectivity index (χ2n) is 6.75. The van der Waals surface area contributed by atoms with Gasteiger partial charge in [-0.05, 0) is 48.9 Å². The van der Waals surface area contributed by atoms with Gasteiger partial charge in [0.1, 0.15) is 0 Å². The number of amides is 2. The first-order valence-electron chi connectivity index (χ1n) is 8.58. The van der Waals surface area contributed by atoms with E-state index in [2.05, 4.69) is 10.6 Å². The van der Waals surface area contributed by atoms with Crippen molar-refractivity contribution in [3.8, 4) is 0 Å². The maximum atomic E-state index is 12.6. The minimum absolute atomic E-state index is 0.0587. The van der Waals surface area contributed by atoms with Crippen molar-refractivity contribution in [1.82, 2.24) is 5.32 Å². The first kappa shape index (κ1) is 16.2. The number of para-hydroxylation sites is 1. The third-order valence-corrected chi connectivity index (χ3v) is 5.12. The summed E-state index contributed by atoms with van der Waals surface area (Å²) in [5.74, 6) is -0.131. The molecular formula is C20H19ClN2O2. The summed E-state index contributed by atoms with van der Waals surface area (Å²) in [4.78, 5) is 24.9. The molecule has 2 aromatic rings. The van der Waals surface area contributed by atoms with Crippen LogP contribution in [0.1, 0.15) is 41.1 Å². The van der Waals surface area contributed by atoms with E-state index in [1.807, 2.05) is 30.3 Å². The number of hydrogen-bond acceptors (Lipinski definition) is 2. The zero-order chi connectivity index (χ0) is 17.4. The van der Waals surface area contributed by atoms with Gasteiger partial charge in [0.05, 0.1) is 11.3 Å². The third kappa shape index (κ3) is 3.54. The number of carbonyl (C=O) groups excluding carboxylic acids is 2. The lowest BCUT2D eigenvalue weighted by Gasteiger charge is -2.11. The highest BCUT2D eigenvalue weighted by Crippen LogP contribution is 2.50. The second-order valence-corrected chi connectivity index (χ2v) is 7.16. The lowest BCUT2D eigenvalue weighted by molar-refractivity contribution is -0.117. The predicted octanol–water partition coefficient (Wildman–Crippen LogP) is 3.97. The summed E-state index contributed by atoms with van der Waals surface area (Å²) in [7, 11) is 0. The van der Waals surface area contributed by atoms with Crippen LogP contribution in [0.15, 0.2) is 48.5 Å². The number of anilines is 1. The maximum absolute atomic E-state index is 12.6. The van der Waals surface area contributed by atoms with E-state index in [9.17, 15) is 9.59 Å². The van der Waals surface area contributed by atoms with Crippen LogP contribution in [-0.4, -0.2) is 17.9 Å². The Kier molecular flexibility index (Phi) is 4.22. The van der Waals surface area contributed by atoms with Crippen molar-refractivity contribution in [1.29, 1.82) is 0 Å². The molecule has 25 heavy (non-hydrogen) atoms. The van der Waals surface area contributed by atoms with Crippen molar-refractivity contribution in [3.05, 3.63) is 64.7 Å². The molecule has 0 saturated heterocycles. The minimum atomic E-state index is -0.128. The van der Waals surface area contributed by atoms with Crippen LogP contribution in [0.4, 0.5) is 5.69 Å². The molecule has 2 unspecified atom stereocenters. The normalized spacial score (nSPS) is 21.5. The smallest absolute Gasteiger partial charge is 0.253 e. The average molecular weight is 355 g/mol. The molecule has 2 aliphatic rings. The lowest BCUT2D eigenvalue weighted by atomic mass is 10.1. The van der Waals surface area contributed by atoms with Crippen LogP contribution in [-0.2, 0) is 4.79 Å². The van der Waals surface area contributed by atoms with E-state index in [4.69, 9.17) is 11.6 Å². The zero-order valence-electron chi connectivity index (χ0n) is 13.7. The van der Waals surface area contributed by atoms with Gasteiger partial charge in [-0.3, -0.25) is 9.59 Å². The van der Waals surface area contributed by atoms with Gasteiger partial charge in [-0.1, -0.05) is 41.9 Å². The number of nitrogens with one attached hydrogen (secondary N) is 2. The fourth-order valence-electron chi connectivity index (χ4n) is 3.11. The van der Waals surface area contributed by atoms with E-state index >= 15 is 0 Å². The van der Waals surface area contributed by atoms with Crippen LogP contribution in [0.25, 0.3) is 0 Å².